The molecule has 0 radical (unpaired) electrons. The quantitative estimate of drug-likeness (QED) is 0.313. The number of likely N-dealkylation sites (tertiary alicyclic amines) is 1. The Morgan fingerprint density at radius 1 is 1.21 bits per heavy atom. The van der Waals surface area contributed by atoms with E-state index in [1.54, 1.807) is 27.4 Å². The second-order valence-corrected chi connectivity index (χ2v) is 12.2. The van der Waals surface area contributed by atoms with Gasteiger partial charge in [0.1, 0.15) is 16.4 Å². The maximum absolute atomic E-state index is 13.3. The van der Waals surface area contributed by atoms with E-state index in [0.717, 1.165) is 56.4 Å². The molecule has 4 aromatic rings. The SMILES string of the molecule is CC(C)N1CCC(NC(=O)c2cc(-c3cccs3)nn2Cc2csc(-c3ccc(Cl)s3)n2)CC1. The van der Waals surface area contributed by atoms with Crippen LogP contribution < -0.4 is 5.32 Å². The highest BCUT2D eigenvalue weighted by atomic mass is 35.5. The van der Waals surface area contributed by atoms with Gasteiger partial charge in [-0.05, 0) is 56.3 Å². The lowest BCUT2D eigenvalue weighted by molar-refractivity contribution is 0.0890. The van der Waals surface area contributed by atoms with E-state index < -0.39 is 0 Å². The number of carbonyl (C=O) groups is 1. The van der Waals surface area contributed by atoms with Crippen molar-refractivity contribution >= 4 is 51.5 Å². The van der Waals surface area contributed by atoms with E-state index in [-0.39, 0.29) is 11.9 Å². The maximum Gasteiger partial charge on any atom is 0.269 e. The third-order valence-corrected chi connectivity index (χ3v) is 9.21. The molecule has 1 N–H and O–H groups in total. The number of rotatable bonds is 7. The van der Waals surface area contributed by atoms with Crippen LogP contribution in [0.15, 0.2) is 41.1 Å². The van der Waals surface area contributed by atoms with Gasteiger partial charge in [0.05, 0.1) is 26.3 Å². The molecule has 0 atom stereocenters. The Morgan fingerprint density at radius 3 is 2.71 bits per heavy atom. The third-order valence-electron chi connectivity index (χ3n) is 6.03. The highest BCUT2D eigenvalue weighted by Crippen LogP contribution is 2.33. The minimum atomic E-state index is -0.0706. The van der Waals surface area contributed by atoms with Crippen LogP contribution in [0.25, 0.3) is 20.5 Å². The lowest BCUT2D eigenvalue weighted by Crippen LogP contribution is -2.46. The maximum atomic E-state index is 13.3. The second kappa shape index (κ2) is 10.3. The van der Waals surface area contributed by atoms with Crippen molar-refractivity contribution in [3.8, 4) is 20.5 Å². The smallest absolute Gasteiger partial charge is 0.269 e. The number of nitrogens with one attached hydrogen (secondary N) is 1. The average molecular weight is 532 g/mol. The van der Waals surface area contributed by atoms with E-state index in [0.29, 0.717) is 18.3 Å². The van der Waals surface area contributed by atoms with Crippen LogP contribution in [0.5, 0.6) is 0 Å². The molecule has 1 fully saturated rings. The number of aromatic nitrogens is 3. The zero-order valence-electron chi connectivity index (χ0n) is 19.0. The van der Waals surface area contributed by atoms with Crippen LogP contribution in [0.2, 0.25) is 4.34 Å². The fourth-order valence-corrected chi connectivity index (χ4v) is 6.77. The molecular weight excluding hydrogens is 506 g/mol. The van der Waals surface area contributed by atoms with Crippen molar-refractivity contribution in [1.82, 2.24) is 25.0 Å². The lowest BCUT2D eigenvalue weighted by Gasteiger charge is -2.34. The standard InChI is InChI=1S/C24H26ClN5OS3/c1-15(2)29-9-7-16(8-10-29)26-23(31)19-12-18(20-4-3-11-32-20)28-30(19)13-17-14-33-24(27-17)21-5-6-22(25)34-21/h3-6,11-12,14-16H,7-10,13H2,1-2H3,(H,26,31). The summed E-state index contributed by atoms with van der Waals surface area (Å²) < 4.78 is 2.53. The highest BCUT2D eigenvalue weighted by Gasteiger charge is 2.25. The molecule has 0 saturated carbocycles. The van der Waals surface area contributed by atoms with E-state index in [1.807, 2.05) is 41.1 Å². The van der Waals surface area contributed by atoms with Crippen molar-refractivity contribution in [1.29, 1.82) is 0 Å². The van der Waals surface area contributed by atoms with Crippen LogP contribution in [-0.4, -0.2) is 50.7 Å². The minimum Gasteiger partial charge on any atom is -0.348 e. The van der Waals surface area contributed by atoms with Gasteiger partial charge < -0.3 is 10.2 Å². The largest absolute Gasteiger partial charge is 0.348 e. The van der Waals surface area contributed by atoms with Crippen molar-refractivity contribution in [2.45, 2.75) is 45.3 Å². The fraction of sp³-hybridized carbons (Fsp3) is 0.375. The van der Waals surface area contributed by atoms with Gasteiger partial charge in [-0.1, -0.05) is 17.7 Å². The summed E-state index contributed by atoms with van der Waals surface area (Å²) in [5, 5.41) is 13.0. The van der Waals surface area contributed by atoms with E-state index in [2.05, 4.69) is 24.1 Å². The van der Waals surface area contributed by atoms with Crippen molar-refractivity contribution in [3.05, 3.63) is 56.8 Å². The van der Waals surface area contributed by atoms with Gasteiger partial charge in [0, 0.05) is 30.6 Å². The van der Waals surface area contributed by atoms with Crippen LogP contribution in [0.4, 0.5) is 0 Å². The number of piperidine rings is 1. The lowest BCUT2D eigenvalue weighted by atomic mass is 10.0. The van der Waals surface area contributed by atoms with Gasteiger partial charge >= 0.3 is 0 Å². The first-order valence-corrected chi connectivity index (χ1v) is 14.3. The molecule has 5 rings (SSSR count). The van der Waals surface area contributed by atoms with Crippen LogP contribution in [0, 0.1) is 0 Å². The summed E-state index contributed by atoms with van der Waals surface area (Å²) in [6.07, 6.45) is 1.93. The zero-order chi connectivity index (χ0) is 23.7. The Bertz CT molecular complexity index is 1250. The van der Waals surface area contributed by atoms with E-state index >= 15 is 0 Å². The monoisotopic (exact) mass is 531 g/mol. The number of amides is 1. The number of carbonyl (C=O) groups excluding carboxylic acids is 1. The molecule has 0 aromatic carbocycles. The summed E-state index contributed by atoms with van der Waals surface area (Å²) in [5.74, 6) is -0.0706. The molecule has 10 heteroatoms. The molecule has 1 aliphatic rings. The Morgan fingerprint density at radius 2 is 2.03 bits per heavy atom. The predicted octanol–water partition coefficient (Wildman–Crippen LogP) is 6.10. The van der Waals surface area contributed by atoms with E-state index in [1.165, 1.54) is 11.3 Å². The number of thiophene rings is 2. The molecule has 5 heterocycles. The Labute approximate surface area is 216 Å². The minimum absolute atomic E-state index is 0.0706. The first-order valence-electron chi connectivity index (χ1n) is 11.3. The second-order valence-electron chi connectivity index (χ2n) is 8.67. The van der Waals surface area contributed by atoms with E-state index in [4.69, 9.17) is 21.7 Å². The average Bonchev–Trinajstić information content (AvgIpc) is 3.61. The first kappa shape index (κ1) is 23.7. The zero-order valence-corrected chi connectivity index (χ0v) is 22.2. The summed E-state index contributed by atoms with van der Waals surface area (Å²) in [4.78, 5) is 22.7. The van der Waals surface area contributed by atoms with Crippen LogP contribution >= 0.6 is 45.6 Å². The fourth-order valence-electron chi connectivity index (χ4n) is 4.16. The molecule has 34 heavy (non-hydrogen) atoms. The van der Waals surface area contributed by atoms with Crippen LogP contribution in [-0.2, 0) is 6.54 Å². The number of hydrogen-bond acceptors (Lipinski definition) is 7. The Hall–Kier alpha value is -2.04. The number of nitrogens with zero attached hydrogens (tertiary/aromatic N) is 4. The third kappa shape index (κ3) is 5.28. The predicted molar refractivity (Wildman–Crippen MR) is 142 cm³/mol. The van der Waals surface area contributed by atoms with Crippen LogP contribution in [0.1, 0.15) is 42.9 Å². The molecule has 1 amide bonds. The Kier molecular flexibility index (Phi) is 7.17. The number of hydrogen-bond donors (Lipinski definition) is 1. The molecule has 1 saturated heterocycles. The number of halogens is 1. The Balaban J connectivity index is 1.35. The molecule has 6 nitrogen and oxygen atoms in total. The van der Waals surface area contributed by atoms with Gasteiger partial charge in [0.2, 0.25) is 0 Å². The van der Waals surface area contributed by atoms with Gasteiger partial charge in [-0.2, -0.15) is 5.10 Å². The highest BCUT2D eigenvalue weighted by molar-refractivity contribution is 7.23. The molecule has 178 valence electrons. The molecule has 4 aromatic heterocycles. The number of thiazole rings is 1. The summed E-state index contributed by atoms with van der Waals surface area (Å²) in [6.45, 7) is 6.91. The molecule has 0 bridgehead atoms. The van der Waals surface area contributed by atoms with E-state index in [9.17, 15) is 4.79 Å². The molecular formula is C24H26ClN5OS3. The summed E-state index contributed by atoms with van der Waals surface area (Å²) in [5.41, 5.74) is 2.27. The van der Waals surface area contributed by atoms with Crippen molar-refractivity contribution in [3.63, 3.8) is 0 Å². The van der Waals surface area contributed by atoms with Crippen molar-refractivity contribution in [2.75, 3.05) is 13.1 Å². The summed E-state index contributed by atoms with van der Waals surface area (Å²) in [6, 6.07) is 10.5. The van der Waals surface area contributed by atoms with Crippen molar-refractivity contribution in [2.24, 2.45) is 0 Å². The molecule has 0 aliphatic carbocycles. The summed E-state index contributed by atoms with van der Waals surface area (Å²) in [7, 11) is 0. The van der Waals surface area contributed by atoms with Gasteiger partial charge in [-0.25, -0.2) is 4.98 Å². The summed E-state index contributed by atoms with van der Waals surface area (Å²) >= 11 is 10.8. The molecule has 0 spiro atoms. The van der Waals surface area contributed by atoms with Gasteiger partial charge in [0.15, 0.2) is 0 Å². The normalized spacial score (nSPS) is 15.3. The van der Waals surface area contributed by atoms with Gasteiger partial charge in [0.25, 0.3) is 5.91 Å². The molecule has 0 unspecified atom stereocenters. The van der Waals surface area contributed by atoms with Gasteiger partial charge in [-0.3, -0.25) is 9.48 Å². The van der Waals surface area contributed by atoms with Crippen molar-refractivity contribution < 1.29 is 4.79 Å². The molecule has 1 aliphatic heterocycles. The van der Waals surface area contributed by atoms with Crippen LogP contribution in [0.3, 0.4) is 0 Å². The van der Waals surface area contributed by atoms with Gasteiger partial charge in [-0.15, -0.1) is 34.0 Å². The first-order chi connectivity index (χ1) is 16.5. The topological polar surface area (TPSA) is 63.1 Å².